The summed E-state index contributed by atoms with van der Waals surface area (Å²) in [7, 11) is 0. The fraction of sp³-hybridized carbons (Fsp3) is 0.643. The third-order valence-electron chi connectivity index (χ3n) is 3.93. The van der Waals surface area contributed by atoms with E-state index in [1.54, 1.807) is 11.3 Å². The minimum Gasteiger partial charge on any atom is -0.388 e. The third kappa shape index (κ3) is 2.68. The average Bonchev–Trinajstić information content (AvgIpc) is 2.97. The van der Waals surface area contributed by atoms with Crippen LogP contribution in [0.3, 0.4) is 0 Å². The molecular formula is C14H20N2O2S. The Morgan fingerprint density at radius 1 is 1.58 bits per heavy atom. The minimum atomic E-state index is -0.599. The zero-order chi connectivity index (χ0) is 13.5. The van der Waals surface area contributed by atoms with E-state index in [1.165, 1.54) is 4.88 Å². The number of β-amino-alcohol motifs (C(OH)–C–C–N with tert-alkyl or cyclic N) is 1. The van der Waals surface area contributed by atoms with E-state index in [0.717, 1.165) is 19.4 Å². The lowest BCUT2D eigenvalue weighted by molar-refractivity contribution is -0.140. The minimum absolute atomic E-state index is 0.200. The summed E-state index contributed by atoms with van der Waals surface area (Å²) in [6.07, 6.45) is 2.16. The molecule has 2 aliphatic rings. The first-order valence-electron chi connectivity index (χ1n) is 6.83. The van der Waals surface area contributed by atoms with E-state index < -0.39 is 5.60 Å². The van der Waals surface area contributed by atoms with E-state index in [1.807, 2.05) is 22.8 Å². The number of thiophene rings is 1. The van der Waals surface area contributed by atoms with Crippen molar-refractivity contribution in [3.05, 3.63) is 22.4 Å². The predicted molar refractivity (Wildman–Crippen MR) is 75.1 cm³/mol. The zero-order valence-electron chi connectivity index (χ0n) is 11.2. The number of hydrogen-bond donors (Lipinski definition) is 1. The normalized spacial score (nSPS) is 26.4. The molecular weight excluding hydrogens is 260 g/mol. The van der Waals surface area contributed by atoms with Crippen molar-refractivity contribution in [3.63, 3.8) is 0 Å². The van der Waals surface area contributed by atoms with Gasteiger partial charge in [-0.1, -0.05) is 6.07 Å². The molecule has 0 saturated carbocycles. The molecule has 19 heavy (non-hydrogen) atoms. The Balaban J connectivity index is 1.60. The molecule has 1 aromatic heterocycles. The van der Waals surface area contributed by atoms with Gasteiger partial charge in [0, 0.05) is 24.5 Å². The Morgan fingerprint density at radius 3 is 3.00 bits per heavy atom. The lowest BCUT2D eigenvalue weighted by Crippen LogP contribution is -2.61. The molecule has 0 bridgehead atoms. The molecule has 3 rings (SSSR count). The van der Waals surface area contributed by atoms with Crippen LogP contribution in [0.1, 0.15) is 30.7 Å². The van der Waals surface area contributed by atoms with Crippen molar-refractivity contribution in [1.82, 2.24) is 9.80 Å². The van der Waals surface area contributed by atoms with Gasteiger partial charge in [-0.15, -0.1) is 11.3 Å². The van der Waals surface area contributed by atoms with Gasteiger partial charge in [-0.2, -0.15) is 0 Å². The maximum absolute atomic E-state index is 12.4. The summed E-state index contributed by atoms with van der Waals surface area (Å²) in [5.41, 5.74) is -0.599. The van der Waals surface area contributed by atoms with E-state index >= 15 is 0 Å². The van der Waals surface area contributed by atoms with Gasteiger partial charge in [-0.3, -0.25) is 9.69 Å². The van der Waals surface area contributed by atoms with Crippen LogP contribution in [0, 0.1) is 0 Å². The molecule has 2 saturated heterocycles. The van der Waals surface area contributed by atoms with Crippen molar-refractivity contribution in [1.29, 1.82) is 0 Å². The molecule has 2 aliphatic heterocycles. The van der Waals surface area contributed by atoms with Gasteiger partial charge in [0.15, 0.2) is 0 Å². The Labute approximate surface area is 117 Å². The van der Waals surface area contributed by atoms with E-state index in [0.29, 0.717) is 19.6 Å². The Morgan fingerprint density at radius 2 is 2.37 bits per heavy atom. The highest BCUT2D eigenvalue weighted by molar-refractivity contribution is 7.10. The monoisotopic (exact) mass is 280 g/mol. The molecule has 104 valence electrons. The molecule has 5 heteroatoms. The molecule has 3 heterocycles. The van der Waals surface area contributed by atoms with E-state index in [-0.39, 0.29) is 11.9 Å². The molecule has 1 aromatic rings. The van der Waals surface area contributed by atoms with E-state index in [4.69, 9.17) is 0 Å². The van der Waals surface area contributed by atoms with E-state index in [9.17, 15) is 9.90 Å². The van der Waals surface area contributed by atoms with Gasteiger partial charge in [-0.05, 0) is 31.2 Å². The fourth-order valence-electron chi connectivity index (χ4n) is 3.15. The Bertz CT molecular complexity index is 450. The number of amides is 1. The molecule has 0 aliphatic carbocycles. The second-order valence-electron chi connectivity index (χ2n) is 5.90. The van der Waals surface area contributed by atoms with Crippen molar-refractivity contribution >= 4 is 17.2 Å². The number of nitrogens with zero attached hydrogens (tertiary/aromatic N) is 2. The highest BCUT2D eigenvalue weighted by Gasteiger charge is 2.39. The number of hydrogen-bond acceptors (Lipinski definition) is 4. The summed E-state index contributed by atoms with van der Waals surface area (Å²) in [5.74, 6) is 0.200. The Hall–Kier alpha value is -0.910. The lowest BCUT2D eigenvalue weighted by Gasteiger charge is -2.44. The lowest BCUT2D eigenvalue weighted by atomic mass is 9.97. The maximum atomic E-state index is 12.4. The van der Waals surface area contributed by atoms with Crippen molar-refractivity contribution in [2.45, 2.75) is 31.4 Å². The number of carbonyl (C=O) groups excluding carboxylic acids is 1. The van der Waals surface area contributed by atoms with E-state index in [2.05, 4.69) is 11.4 Å². The average molecular weight is 280 g/mol. The van der Waals surface area contributed by atoms with Gasteiger partial charge < -0.3 is 10.0 Å². The van der Waals surface area contributed by atoms with Crippen LogP contribution in [0.15, 0.2) is 17.5 Å². The summed E-state index contributed by atoms with van der Waals surface area (Å²) < 4.78 is 0. The fourth-order valence-corrected chi connectivity index (χ4v) is 4.03. The van der Waals surface area contributed by atoms with Crippen molar-refractivity contribution in [3.8, 4) is 0 Å². The molecule has 1 atom stereocenters. The Kier molecular flexibility index (Phi) is 3.37. The van der Waals surface area contributed by atoms with Crippen molar-refractivity contribution in [2.75, 3.05) is 26.2 Å². The number of rotatable bonds is 3. The smallest absolute Gasteiger partial charge is 0.237 e. The first kappa shape index (κ1) is 13.1. The second-order valence-corrected chi connectivity index (χ2v) is 6.88. The van der Waals surface area contributed by atoms with Crippen LogP contribution < -0.4 is 0 Å². The van der Waals surface area contributed by atoms with Crippen molar-refractivity contribution in [2.24, 2.45) is 0 Å². The predicted octanol–water partition coefficient (Wildman–Crippen LogP) is 1.48. The SMILES string of the molecule is CC1(O)CN(CC(=O)N2CCCC2c2cccs2)C1. The number of aliphatic hydroxyl groups is 1. The van der Waals surface area contributed by atoms with Crippen LogP contribution in [0.2, 0.25) is 0 Å². The summed E-state index contributed by atoms with van der Waals surface area (Å²) in [6.45, 7) is 4.34. The molecule has 1 N–H and O–H groups in total. The quantitative estimate of drug-likeness (QED) is 0.912. The van der Waals surface area contributed by atoms with Crippen molar-refractivity contribution < 1.29 is 9.90 Å². The summed E-state index contributed by atoms with van der Waals surface area (Å²) in [4.78, 5) is 17.7. The molecule has 2 fully saturated rings. The van der Waals surface area contributed by atoms with Crippen LogP contribution in [-0.4, -0.2) is 52.6 Å². The van der Waals surface area contributed by atoms with Crippen LogP contribution in [-0.2, 0) is 4.79 Å². The van der Waals surface area contributed by atoms with Gasteiger partial charge >= 0.3 is 0 Å². The summed E-state index contributed by atoms with van der Waals surface area (Å²) in [5, 5.41) is 11.8. The second kappa shape index (κ2) is 4.89. The molecule has 0 spiro atoms. The third-order valence-corrected chi connectivity index (χ3v) is 4.91. The number of likely N-dealkylation sites (tertiary alicyclic amines) is 2. The molecule has 0 aromatic carbocycles. The molecule has 1 amide bonds. The highest BCUT2D eigenvalue weighted by Crippen LogP contribution is 2.34. The molecule has 4 nitrogen and oxygen atoms in total. The summed E-state index contributed by atoms with van der Waals surface area (Å²) >= 11 is 1.73. The number of carbonyl (C=O) groups is 1. The van der Waals surface area contributed by atoms with Gasteiger partial charge in [0.1, 0.15) is 0 Å². The van der Waals surface area contributed by atoms with Crippen LogP contribution in [0.5, 0.6) is 0 Å². The zero-order valence-corrected chi connectivity index (χ0v) is 12.0. The van der Waals surface area contributed by atoms with Gasteiger partial charge in [0.05, 0.1) is 18.2 Å². The first-order valence-corrected chi connectivity index (χ1v) is 7.71. The topological polar surface area (TPSA) is 43.8 Å². The maximum Gasteiger partial charge on any atom is 0.237 e. The van der Waals surface area contributed by atoms with Gasteiger partial charge in [-0.25, -0.2) is 0 Å². The molecule has 1 unspecified atom stereocenters. The van der Waals surface area contributed by atoms with Crippen LogP contribution >= 0.6 is 11.3 Å². The summed E-state index contributed by atoms with van der Waals surface area (Å²) in [6, 6.07) is 4.44. The van der Waals surface area contributed by atoms with Gasteiger partial charge in [0.25, 0.3) is 0 Å². The van der Waals surface area contributed by atoms with Crippen LogP contribution in [0.4, 0.5) is 0 Å². The standard InChI is InChI=1S/C14H20N2O2S/c1-14(18)9-15(10-14)8-13(17)16-6-2-4-11(16)12-5-3-7-19-12/h3,5,7,11,18H,2,4,6,8-10H2,1H3. The largest absolute Gasteiger partial charge is 0.388 e. The van der Waals surface area contributed by atoms with Gasteiger partial charge in [0.2, 0.25) is 5.91 Å². The molecule has 0 radical (unpaired) electrons. The highest BCUT2D eigenvalue weighted by atomic mass is 32.1. The van der Waals surface area contributed by atoms with Crippen LogP contribution in [0.25, 0.3) is 0 Å². The first-order chi connectivity index (χ1) is 9.05.